The summed E-state index contributed by atoms with van der Waals surface area (Å²) in [6, 6.07) is 7.65. The Hall–Kier alpha value is -2.64. The third-order valence-electron chi connectivity index (χ3n) is 3.46. The van der Waals surface area contributed by atoms with Crippen molar-refractivity contribution in [2.24, 2.45) is 0 Å². The molecule has 0 aliphatic rings. The third kappa shape index (κ3) is 4.96. The molecular weight excluding hydrogens is 397 g/mol. The summed E-state index contributed by atoms with van der Waals surface area (Å²) >= 11 is 11.9. The molecule has 0 saturated heterocycles. The lowest BCUT2D eigenvalue weighted by Gasteiger charge is -2.14. The van der Waals surface area contributed by atoms with Gasteiger partial charge in [-0.15, -0.1) is 0 Å². The van der Waals surface area contributed by atoms with Gasteiger partial charge in [0.25, 0.3) is 5.91 Å². The molecule has 0 fully saturated rings. The Bertz CT molecular complexity index is 831. The molecule has 0 atom stereocenters. The maximum absolute atomic E-state index is 12.3. The van der Waals surface area contributed by atoms with Crippen molar-refractivity contribution < 1.29 is 28.5 Å². The molecule has 0 saturated carbocycles. The minimum atomic E-state index is -0.735. The summed E-state index contributed by atoms with van der Waals surface area (Å²) in [7, 11) is 4.30. The van der Waals surface area contributed by atoms with E-state index in [2.05, 4.69) is 5.32 Å². The average Bonchev–Trinajstić information content (AvgIpc) is 2.68. The quantitative estimate of drug-likeness (QED) is 0.694. The van der Waals surface area contributed by atoms with Gasteiger partial charge in [-0.2, -0.15) is 0 Å². The monoisotopic (exact) mass is 413 g/mol. The molecule has 9 heteroatoms. The Morgan fingerprint density at radius 1 is 1.00 bits per heavy atom. The molecule has 2 rings (SSSR count). The fourth-order valence-corrected chi connectivity index (χ4v) is 2.55. The van der Waals surface area contributed by atoms with Crippen molar-refractivity contribution in [1.29, 1.82) is 0 Å². The van der Waals surface area contributed by atoms with Crippen LogP contribution in [-0.4, -0.2) is 39.8 Å². The van der Waals surface area contributed by atoms with Crippen LogP contribution in [0.3, 0.4) is 0 Å². The number of carbonyl (C=O) groups is 2. The van der Waals surface area contributed by atoms with E-state index in [1.807, 2.05) is 0 Å². The van der Waals surface area contributed by atoms with Gasteiger partial charge in [0.1, 0.15) is 0 Å². The first-order chi connectivity index (χ1) is 12.9. The molecule has 0 spiro atoms. The summed E-state index contributed by atoms with van der Waals surface area (Å²) in [5, 5.41) is 3.01. The molecule has 27 heavy (non-hydrogen) atoms. The van der Waals surface area contributed by atoms with Crippen molar-refractivity contribution in [1.82, 2.24) is 0 Å². The summed E-state index contributed by atoms with van der Waals surface area (Å²) < 4.78 is 20.6. The molecule has 7 nitrogen and oxygen atoms in total. The van der Waals surface area contributed by atoms with E-state index in [0.29, 0.717) is 28.0 Å². The summed E-state index contributed by atoms with van der Waals surface area (Å²) in [4.78, 5) is 24.3. The second-order valence-corrected chi connectivity index (χ2v) is 5.92. The van der Waals surface area contributed by atoms with Crippen molar-refractivity contribution in [2.45, 2.75) is 0 Å². The maximum Gasteiger partial charge on any atom is 0.338 e. The molecule has 0 aliphatic carbocycles. The fraction of sp³-hybridized carbons (Fsp3) is 0.222. The number of anilines is 1. The van der Waals surface area contributed by atoms with Crippen molar-refractivity contribution in [3.05, 3.63) is 45.9 Å². The van der Waals surface area contributed by atoms with E-state index in [0.717, 1.165) is 0 Å². The summed E-state index contributed by atoms with van der Waals surface area (Å²) in [6.45, 7) is -0.516. The zero-order chi connectivity index (χ0) is 20.0. The first-order valence-electron chi connectivity index (χ1n) is 7.62. The van der Waals surface area contributed by atoms with Gasteiger partial charge in [0, 0.05) is 0 Å². The first kappa shape index (κ1) is 20.7. The number of ether oxygens (including phenoxy) is 4. The summed E-state index contributed by atoms with van der Waals surface area (Å²) in [5.74, 6) is -0.385. The Morgan fingerprint density at radius 3 is 2.19 bits per heavy atom. The number of rotatable bonds is 7. The Labute approximate surface area is 166 Å². The van der Waals surface area contributed by atoms with E-state index in [4.69, 9.17) is 42.1 Å². The summed E-state index contributed by atoms with van der Waals surface area (Å²) in [6.07, 6.45) is 0. The van der Waals surface area contributed by atoms with Crippen LogP contribution in [0.4, 0.5) is 5.69 Å². The molecule has 1 amide bonds. The highest BCUT2D eigenvalue weighted by Crippen LogP contribution is 2.38. The molecule has 2 aromatic carbocycles. The number of esters is 1. The van der Waals surface area contributed by atoms with Gasteiger partial charge >= 0.3 is 5.97 Å². The van der Waals surface area contributed by atoms with Gasteiger partial charge in [-0.1, -0.05) is 29.3 Å². The van der Waals surface area contributed by atoms with Gasteiger partial charge in [0.2, 0.25) is 5.75 Å². The lowest BCUT2D eigenvalue weighted by atomic mass is 10.2. The van der Waals surface area contributed by atoms with Gasteiger partial charge < -0.3 is 24.3 Å². The van der Waals surface area contributed by atoms with Crippen LogP contribution in [-0.2, 0) is 9.53 Å². The smallest absolute Gasteiger partial charge is 0.338 e. The van der Waals surface area contributed by atoms with Crippen molar-refractivity contribution in [2.75, 3.05) is 33.3 Å². The van der Waals surface area contributed by atoms with Crippen LogP contribution in [0.15, 0.2) is 30.3 Å². The van der Waals surface area contributed by atoms with E-state index in [-0.39, 0.29) is 10.6 Å². The number of hydrogen-bond acceptors (Lipinski definition) is 6. The minimum Gasteiger partial charge on any atom is -0.493 e. The highest BCUT2D eigenvalue weighted by atomic mass is 35.5. The van der Waals surface area contributed by atoms with E-state index in [1.165, 1.54) is 33.5 Å². The van der Waals surface area contributed by atoms with Crippen LogP contribution in [0.1, 0.15) is 10.4 Å². The Kier molecular flexibility index (Phi) is 7.15. The van der Waals surface area contributed by atoms with Crippen LogP contribution in [0, 0.1) is 0 Å². The standard InChI is InChI=1S/C18H17Cl2NO6/c1-24-13-7-10(8-14(25-2)17(13)26-3)18(23)27-9-15(22)21-12-6-4-5-11(19)16(12)20/h4-8H,9H2,1-3H3,(H,21,22). The van der Waals surface area contributed by atoms with Crippen LogP contribution in [0.2, 0.25) is 10.0 Å². The number of nitrogens with one attached hydrogen (secondary N) is 1. The molecule has 0 heterocycles. The normalized spacial score (nSPS) is 10.1. The van der Waals surface area contributed by atoms with E-state index >= 15 is 0 Å². The minimum absolute atomic E-state index is 0.137. The number of methoxy groups -OCH3 is 3. The lowest BCUT2D eigenvalue weighted by Crippen LogP contribution is -2.21. The number of halogens is 2. The average molecular weight is 414 g/mol. The molecule has 0 bridgehead atoms. The van der Waals surface area contributed by atoms with Gasteiger partial charge in [-0.3, -0.25) is 4.79 Å². The molecule has 1 N–H and O–H groups in total. The number of carbonyl (C=O) groups excluding carboxylic acids is 2. The fourth-order valence-electron chi connectivity index (χ4n) is 2.20. The van der Waals surface area contributed by atoms with Gasteiger partial charge in [0.15, 0.2) is 18.1 Å². The molecule has 0 aliphatic heterocycles. The maximum atomic E-state index is 12.3. The second-order valence-electron chi connectivity index (χ2n) is 5.14. The third-order valence-corrected chi connectivity index (χ3v) is 4.28. The molecule has 2 aromatic rings. The van der Waals surface area contributed by atoms with E-state index in [9.17, 15) is 9.59 Å². The highest BCUT2D eigenvalue weighted by molar-refractivity contribution is 6.44. The van der Waals surface area contributed by atoms with Crippen LogP contribution >= 0.6 is 23.2 Å². The molecule has 144 valence electrons. The Balaban J connectivity index is 2.07. The summed E-state index contributed by atoms with van der Waals surface area (Å²) in [5.41, 5.74) is 0.455. The molecule has 0 unspecified atom stereocenters. The van der Waals surface area contributed by atoms with Gasteiger partial charge in [-0.05, 0) is 24.3 Å². The molecule has 0 radical (unpaired) electrons. The largest absolute Gasteiger partial charge is 0.493 e. The number of benzene rings is 2. The molecule has 0 aromatic heterocycles. The van der Waals surface area contributed by atoms with Crippen molar-refractivity contribution in [3.8, 4) is 17.2 Å². The zero-order valence-corrected chi connectivity index (χ0v) is 16.3. The Morgan fingerprint density at radius 2 is 1.63 bits per heavy atom. The zero-order valence-electron chi connectivity index (χ0n) is 14.8. The van der Waals surface area contributed by atoms with E-state index < -0.39 is 18.5 Å². The lowest BCUT2D eigenvalue weighted by molar-refractivity contribution is -0.119. The number of hydrogen-bond donors (Lipinski definition) is 1. The van der Waals surface area contributed by atoms with Crippen molar-refractivity contribution >= 4 is 40.8 Å². The second kappa shape index (κ2) is 9.34. The van der Waals surface area contributed by atoms with E-state index in [1.54, 1.807) is 18.2 Å². The van der Waals surface area contributed by atoms with Crippen LogP contribution in [0.5, 0.6) is 17.2 Å². The predicted octanol–water partition coefficient (Wildman–Crippen LogP) is 3.81. The van der Waals surface area contributed by atoms with Crippen LogP contribution < -0.4 is 19.5 Å². The van der Waals surface area contributed by atoms with Crippen LogP contribution in [0.25, 0.3) is 0 Å². The first-order valence-corrected chi connectivity index (χ1v) is 8.37. The van der Waals surface area contributed by atoms with Gasteiger partial charge in [0.05, 0.1) is 42.6 Å². The topological polar surface area (TPSA) is 83.1 Å². The predicted molar refractivity (Wildman–Crippen MR) is 101 cm³/mol. The van der Waals surface area contributed by atoms with Crippen molar-refractivity contribution in [3.63, 3.8) is 0 Å². The number of amides is 1. The highest BCUT2D eigenvalue weighted by Gasteiger charge is 2.19. The van der Waals surface area contributed by atoms with Gasteiger partial charge in [-0.25, -0.2) is 4.79 Å². The molecular formula is C18H17Cl2NO6. The SMILES string of the molecule is COc1cc(C(=O)OCC(=O)Nc2cccc(Cl)c2Cl)cc(OC)c1OC.